The largest absolute Gasteiger partial charge is 0.416 e. The van der Waals surface area contributed by atoms with E-state index >= 15 is 0 Å². The van der Waals surface area contributed by atoms with Crippen LogP contribution in [0.4, 0.5) is 4.79 Å². The summed E-state index contributed by atoms with van der Waals surface area (Å²) in [5.41, 5.74) is 0. The molecule has 0 radical (unpaired) electrons. The van der Waals surface area contributed by atoms with Crippen LogP contribution in [0, 0.1) is 0 Å². The van der Waals surface area contributed by atoms with Crippen LogP contribution in [0.15, 0.2) is 18.2 Å². The average Bonchev–Trinajstić information content (AvgIpc) is 2.30. The number of halogens is 1. The van der Waals surface area contributed by atoms with Gasteiger partial charge in [-0.25, -0.2) is 9.78 Å². The van der Waals surface area contributed by atoms with Crippen LogP contribution in [0.3, 0.4) is 0 Å². The first-order valence-electron chi connectivity index (χ1n) is 5.06. The van der Waals surface area contributed by atoms with E-state index in [-0.39, 0.29) is 12.0 Å². The Morgan fingerprint density at radius 2 is 2.19 bits per heavy atom. The van der Waals surface area contributed by atoms with Gasteiger partial charge in [-0.1, -0.05) is 17.7 Å². The molecular weight excluding hydrogens is 230 g/mol. The molecule has 1 saturated heterocycles. The van der Waals surface area contributed by atoms with Gasteiger partial charge in [0.2, 0.25) is 5.88 Å². The lowest BCUT2D eigenvalue weighted by Gasteiger charge is -2.26. The van der Waals surface area contributed by atoms with Crippen LogP contribution in [0.1, 0.15) is 0 Å². The first kappa shape index (κ1) is 11.2. The molecule has 1 aliphatic rings. The number of nitrogens with zero attached hydrogens (tertiary/aromatic N) is 2. The Morgan fingerprint density at radius 3 is 2.88 bits per heavy atom. The summed E-state index contributed by atoms with van der Waals surface area (Å²) in [5, 5.41) is 3.47. The van der Waals surface area contributed by atoms with Gasteiger partial charge < -0.3 is 15.0 Å². The number of carbonyl (C=O) groups is 1. The maximum atomic E-state index is 11.7. The lowest BCUT2D eigenvalue weighted by Crippen LogP contribution is -2.47. The Kier molecular flexibility index (Phi) is 3.58. The fourth-order valence-corrected chi connectivity index (χ4v) is 1.60. The molecule has 6 heteroatoms. The van der Waals surface area contributed by atoms with E-state index in [0.717, 1.165) is 13.1 Å². The molecule has 1 aromatic rings. The van der Waals surface area contributed by atoms with Crippen LogP contribution in [-0.2, 0) is 0 Å². The van der Waals surface area contributed by atoms with Gasteiger partial charge in [-0.3, -0.25) is 0 Å². The van der Waals surface area contributed by atoms with Crippen molar-refractivity contribution >= 4 is 17.7 Å². The zero-order chi connectivity index (χ0) is 11.4. The van der Waals surface area contributed by atoms with Crippen LogP contribution in [0.25, 0.3) is 0 Å². The lowest BCUT2D eigenvalue weighted by atomic mass is 10.4. The zero-order valence-corrected chi connectivity index (χ0v) is 9.41. The number of aromatic nitrogens is 1. The van der Waals surface area contributed by atoms with Gasteiger partial charge in [0.05, 0.1) is 0 Å². The highest BCUT2D eigenvalue weighted by molar-refractivity contribution is 6.29. The average molecular weight is 242 g/mol. The minimum Gasteiger partial charge on any atom is -0.391 e. The minimum absolute atomic E-state index is 0.232. The quantitative estimate of drug-likeness (QED) is 0.750. The van der Waals surface area contributed by atoms with Gasteiger partial charge in [-0.2, -0.15) is 0 Å². The molecule has 0 saturated carbocycles. The van der Waals surface area contributed by atoms with E-state index in [9.17, 15) is 4.79 Å². The fraction of sp³-hybridized carbons (Fsp3) is 0.400. The third kappa shape index (κ3) is 2.84. The van der Waals surface area contributed by atoms with Gasteiger partial charge in [0.15, 0.2) is 0 Å². The molecule has 5 nitrogen and oxygen atoms in total. The molecule has 1 amide bonds. The summed E-state index contributed by atoms with van der Waals surface area (Å²) < 4.78 is 5.10. The van der Waals surface area contributed by atoms with Gasteiger partial charge in [-0.15, -0.1) is 0 Å². The molecule has 2 heterocycles. The Labute approximate surface area is 98.4 Å². The molecular formula is C10H12ClN3O2. The van der Waals surface area contributed by atoms with E-state index < -0.39 is 0 Å². The summed E-state index contributed by atoms with van der Waals surface area (Å²) in [7, 11) is 0. The number of rotatable bonds is 1. The lowest BCUT2D eigenvalue weighted by molar-refractivity contribution is 0.144. The van der Waals surface area contributed by atoms with Crippen molar-refractivity contribution in [1.82, 2.24) is 15.2 Å². The topological polar surface area (TPSA) is 54.5 Å². The second-order valence-corrected chi connectivity index (χ2v) is 3.79. The van der Waals surface area contributed by atoms with Crippen molar-refractivity contribution in [2.75, 3.05) is 26.2 Å². The maximum Gasteiger partial charge on any atom is 0.416 e. The molecule has 0 unspecified atom stereocenters. The summed E-state index contributed by atoms with van der Waals surface area (Å²) in [5.74, 6) is 0.232. The predicted molar refractivity (Wildman–Crippen MR) is 59.7 cm³/mol. The normalized spacial score (nSPS) is 15.9. The van der Waals surface area contributed by atoms with Crippen molar-refractivity contribution in [1.29, 1.82) is 0 Å². The third-order valence-electron chi connectivity index (χ3n) is 2.26. The van der Waals surface area contributed by atoms with E-state index in [2.05, 4.69) is 10.3 Å². The summed E-state index contributed by atoms with van der Waals surface area (Å²) in [6, 6.07) is 4.92. The Bertz CT molecular complexity index is 380. The standard InChI is InChI=1S/C10H12ClN3O2/c11-8-2-1-3-9(13-8)16-10(15)14-6-4-12-5-7-14/h1-3,12H,4-7H2. The number of hydrogen-bond acceptors (Lipinski definition) is 4. The number of carbonyl (C=O) groups excluding carboxylic acids is 1. The molecule has 0 aliphatic carbocycles. The SMILES string of the molecule is O=C(Oc1cccc(Cl)n1)N1CCNCC1. The molecule has 0 atom stereocenters. The highest BCUT2D eigenvalue weighted by Crippen LogP contribution is 2.12. The molecule has 0 spiro atoms. The molecule has 86 valence electrons. The molecule has 16 heavy (non-hydrogen) atoms. The van der Waals surface area contributed by atoms with E-state index in [0.29, 0.717) is 18.2 Å². The van der Waals surface area contributed by atoms with Crippen LogP contribution in [0.2, 0.25) is 5.15 Å². The van der Waals surface area contributed by atoms with Gasteiger partial charge >= 0.3 is 6.09 Å². The summed E-state index contributed by atoms with van der Waals surface area (Å²) >= 11 is 5.69. The van der Waals surface area contributed by atoms with E-state index in [1.807, 2.05) is 0 Å². The van der Waals surface area contributed by atoms with Gasteiger partial charge in [0.1, 0.15) is 5.15 Å². The fourth-order valence-electron chi connectivity index (χ4n) is 1.45. The van der Waals surface area contributed by atoms with Crippen LogP contribution in [-0.4, -0.2) is 42.2 Å². The van der Waals surface area contributed by atoms with Crippen molar-refractivity contribution in [3.63, 3.8) is 0 Å². The summed E-state index contributed by atoms with van der Waals surface area (Å²) in [4.78, 5) is 17.2. The Hall–Kier alpha value is -1.33. The van der Waals surface area contributed by atoms with Gasteiger partial charge in [0, 0.05) is 32.2 Å². The number of pyridine rings is 1. The first-order valence-corrected chi connectivity index (χ1v) is 5.43. The molecule has 1 fully saturated rings. The molecule has 1 aromatic heterocycles. The highest BCUT2D eigenvalue weighted by Gasteiger charge is 2.18. The zero-order valence-electron chi connectivity index (χ0n) is 8.65. The number of ether oxygens (including phenoxy) is 1. The van der Waals surface area contributed by atoms with Crippen molar-refractivity contribution in [3.05, 3.63) is 23.4 Å². The van der Waals surface area contributed by atoms with Gasteiger partial charge in [-0.05, 0) is 6.07 Å². The highest BCUT2D eigenvalue weighted by atomic mass is 35.5. The van der Waals surface area contributed by atoms with Crippen molar-refractivity contribution in [3.8, 4) is 5.88 Å². The third-order valence-corrected chi connectivity index (χ3v) is 2.47. The number of piperazine rings is 1. The molecule has 0 aromatic carbocycles. The van der Waals surface area contributed by atoms with Crippen LogP contribution < -0.4 is 10.1 Å². The second-order valence-electron chi connectivity index (χ2n) is 3.40. The molecule has 1 aliphatic heterocycles. The Balaban J connectivity index is 1.96. The van der Waals surface area contributed by atoms with E-state index in [1.54, 1.807) is 23.1 Å². The van der Waals surface area contributed by atoms with Crippen molar-refractivity contribution < 1.29 is 9.53 Å². The second kappa shape index (κ2) is 5.14. The number of hydrogen-bond donors (Lipinski definition) is 1. The van der Waals surface area contributed by atoms with Crippen LogP contribution in [0.5, 0.6) is 5.88 Å². The molecule has 1 N–H and O–H groups in total. The van der Waals surface area contributed by atoms with Gasteiger partial charge in [0.25, 0.3) is 0 Å². The van der Waals surface area contributed by atoms with Crippen LogP contribution >= 0.6 is 11.6 Å². The smallest absolute Gasteiger partial charge is 0.391 e. The number of nitrogens with one attached hydrogen (secondary N) is 1. The summed E-state index contributed by atoms with van der Waals surface area (Å²) in [6.45, 7) is 2.88. The predicted octanol–water partition coefficient (Wildman–Crippen LogP) is 1.14. The Morgan fingerprint density at radius 1 is 1.44 bits per heavy atom. The van der Waals surface area contributed by atoms with E-state index in [4.69, 9.17) is 16.3 Å². The number of amides is 1. The first-order chi connectivity index (χ1) is 7.75. The molecule has 0 bridgehead atoms. The molecule has 2 rings (SSSR count). The van der Waals surface area contributed by atoms with Crippen molar-refractivity contribution in [2.45, 2.75) is 0 Å². The van der Waals surface area contributed by atoms with Crippen molar-refractivity contribution in [2.24, 2.45) is 0 Å². The summed E-state index contributed by atoms with van der Waals surface area (Å²) in [6.07, 6.45) is -0.378. The monoisotopic (exact) mass is 241 g/mol. The van der Waals surface area contributed by atoms with E-state index in [1.165, 1.54) is 0 Å². The minimum atomic E-state index is -0.378. The maximum absolute atomic E-state index is 11.7.